The first-order chi connectivity index (χ1) is 6.81. The SMILES string of the molecule is Cc1nc(CCCO)nc2c1CSC2. The van der Waals surface area contributed by atoms with Gasteiger partial charge >= 0.3 is 0 Å². The van der Waals surface area contributed by atoms with Crippen LogP contribution < -0.4 is 0 Å². The summed E-state index contributed by atoms with van der Waals surface area (Å²) in [5, 5.41) is 8.73. The lowest BCUT2D eigenvalue weighted by atomic mass is 10.2. The van der Waals surface area contributed by atoms with Gasteiger partial charge in [0.05, 0.1) is 5.69 Å². The Morgan fingerprint density at radius 2 is 2.21 bits per heavy atom. The molecule has 2 rings (SSSR count). The van der Waals surface area contributed by atoms with Gasteiger partial charge in [-0.05, 0) is 13.3 Å². The zero-order chi connectivity index (χ0) is 9.97. The molecule has 1 aliphatic rings. The minimum Gasteiger partial charge on any atom is -0.396 e. The zero-order valence-corrected chi connectivity index (χ0v) is 9.10. The summed E-state index contributed by atoms with van der Waals surface area (Å²) < 4.78 is 0. The second kappa shape index (κ2) is 4.28. The Hall–Kier alpha value is -0.610. The van der Waals surface area contributed by atoms with Crippen molar-refractivity contribution in [3.05, 3.63) is 22.8 Å². The summed E-state index contributed by atoms with van der Waals surface area (Å²) in [6, 6.07) is 0. The zero-order valence-electron chi connectivity index (χ0n) is 8.29. The van der Waals surface area contributed by atoms with E-state index < -0.39 is 0 Å². The summed E-state index contributed by atoms with van der Waals surface area (Å²) in [7, 11) is 0. The molecule has 3 nitrogen and oxygen atoms in total. The molecule has 0 radical (unpaired) electrons. The Kier molecular flexibility index (Phi) is 3.03. The van der Waals surface area contributed by atoms with Crippen LogP contribution >= 0.6 is 11.8 Å². The summed E-state index contributed by atoms with van der Waals surface area (Å²) in [5.74, 6) is 2.96. The second-order valence-corrected chi connectivity index (χ2v) is 4.46. The molecule has 1 N–H and O–H groups in total. The Balaban J connectivity index is 2.23. The molecule has 14 heavy (non-hydrogen) atoms. The summed E-state index contributed by atoms with van der Waals surface area (Å²) >= 11 is 1.90. The van der Waals surface area contributed by atoms with Crippen LogP contribution in [-0.4, -0.2) is 21.7 Å². The Morgan fingerprint density at radius 3 is 3.00 bits per heavy atom. The van der Waals surface area contributed by atoms with E-state index >= 15 is 0 Å². The highest BCUT2D eigenvalue weighted by atomic mass is 32.2. The Labute approximate surface area is 88.0 Å². The van der Waals surface area contributed by atoms with Crippen molar-refractivity contribution in [1.29, 1.82) is 0 Å². The Morgan fingerprint density at radius 1 is 1.36 bits per heavy atom. The average molecular weight is 210 g/mol. The van der Waals surface area contributed by atoms with Crippen molar-refractivity contribution >= 4 is 11.8 Å². The van der Waals surface area contributed by atoms with Gasteiger partial charge in [0.15, 0.2) is 0 Å². The summed E-state index contributed by atoms with van der Waals surface area (Å²) in [6.45, 7) is 2.27. The van der Waals surface area contributed by atoms with E-state index in [2.05, 4.69) is 16.9 Å². The number of nitrogens with zero attached hydrogens (tertiary/aromatic N) is 2. The van der Waals surface area contributed by atoms with Gasteiger partial charge in [-0.3, -0.25) is 0 Å². The summed E-state index contributed by atoms with van der Waals surface area (Å²) in [4.78, 5) is 8.96. The van der Waals surface area contributed by atoms with Crippen LogP contribution in [0.25, 0.3) is 0 Å². The van der Waals surface area contributed by atoms with Crippen LogP contribution in [0.2, 0.25) is 0 Å². The molecule has 2 heterocycles. The fourth-order valence-corrected chi connectivity index (χ4v) is 2.74. The smallest absolute Gasteiger partial charge is 0.128 e. The number of aliphatic hydroxyl groups is 1. The molecule has 4 heteroatoms. The molecule has 1 aliphatic heterocycles. The Bertz CT molecular complexity index is 341. The molecule has 0 unspecified atom stereocenters. The minimum absolute atomic E-state index is 0.217. The molecule has 0 spiro atoms. The van der Waals surface area contributed by atoms with Crippen LogP contribution in [0, 0.1) is 6.92 Å². The third kappa shape index (κ3) is 1.91. The van der Waals surface area contributed by atoms with Crippen molar-refractivity contribution in [3.63, 3.8) is 0 Å². The number of hydrogen-bond donors (Lipinski definition) is 1. The van der Waals surface area contributed by atoms with Crippen molar-refractivity contribution in [2.45, 2.75) is 31.3 Å². The van der Waals surface area contributed by atoms with E-state index in [0.29, 0.717) is 0 Å². The highest BCUT2D eigenvalue weighted by molar-refractivity contribution is 7.98. The van der Waals surface area contributed by atoms with Gasteiger partial charge in [0.1, 0.15) is 5.82 Å². The molecule has 0 saturated carbocycles. The van der Waals surface area contributed by atoms with Gasteiger partial charge in [-0.15, -0.1) is 0 Å². The lowest BCUT2D eigenvalue weighted by molar-refractivity contribution is 0.287. The molecular formula is C10H14N2OS. The molecule has 76 valence electrons. The normalized spacial score (nSPS) is 14.4. The van der Waals surface area contributed by atoms with Gasteiger partial charge in [-0.1, -0.05) is 0 Å². The van der Waals surface area contributed by atoms with E-state index in [1.165, 1.54) is 11.3 Å². The molecule has 0 amide bonds. The van der Waals surface area contributed by atoms with Crippen LogP contribution in [0.3, 0.4) is 0 Å². The third-order valence-corrected chi connectivity index (χ3v) is 3.36. The second-order valence-electron chi connectivity index (χ2n) is 3.47. The first-order valence-electron chi connectivity index (χ1n) is 4.85. The molecular weight excluding hydrogens is 196 g/mol. The van der Waals surface area contributed by atoms with E-state index in [0.717, 1.165) is 35.9 Å². The molecule has 0 saturated heterocycles. The fourth-order valence-electron chi connectivity index (χ4n) is 1.62. The minimum atomic E-state index is 0.217. The van der Waals surface area contributed by atoms with Gasteiger partial charge in [-0.25, -0.2) is 9.97 Å². The van der Waals surface area contributed by atoms with Crippen LogP contribution in [0.4, 0.5) is 0 Å². The van der Waals surface area contributed by atoms with Crippen molar-refractivity contribution in [2.75, 3.05) is 6.61 Å². The number of fused-ring (bicyclic) bond motifs is 1. The molecule has 1 aromatic heterocycles. The van der Waals surface area contributed by atoms with Crippen LogP contribution in [0.1, 0.15) is 29.2 Å². The van der Waals surface area contributed by atoms with Crippen molar-refractivity contribution in [3.8, 4) is 0 Å². The van der Waals surface area contributed by atoms with Crippen molar-refractivity contribution < 1.29 is 5.11 Å². The number of aryl methyl sites for hydroxylation is 2. The third-order valence-electron chi connectivity index (χ3n) is 2.39. The topological polar surface area (TPSA) is 46.0 Å². The average Bonchev–Trinajstić information content (AvgIpc) is 2.63. The number of aromatic nitrogens is 2. The lowest BCUT2D eigenvalue weighted by Gasteiger charge is -2.05. The highest BCUT2D eigenvalue weighted by Crippen LogP contribution is 2.29. The molecule has 0 bridgehead atoms. The lowest BCUT2D eigenvalue weighted by Crippen LogP contribution is -2.04. The van der Waals surface area contributed by atoms with Crippen LogP contribution in [0.15, 0.2) is 0 Å². The van der Waals surface area contributed by atoms with Crippen molar-refractivity contribution in [1.82, 2.24) is 9.97 Å². The maximum Gasteiger partial charge on any atom is 0.128 e. The van der Waals surface area contributed by atoms with Crippen LogP contribution in [-0.2, 0) is 17.9 Å². The monoisotopic (exact) mass is 210 g/mol. The number of aliphatic hydroxyl groups excluding tert-OH is 1. The molecule has 0 fully saturated rings. The first-order valence-corrected chi connectivity index (χ1v) is 6.00. The summed E-state index contributed by atoms with van der Waals surface area (Å²) in [6.07, 6.45) is 1.54. The van der Waals surface area contributed by atoms with E-state index in [4.69, 9.17) is 5.11 Å². The largest absolute Gasteiger partial charge is 0.396 e. The number of thioether (sulfide) groups is 1. The van der Waals surface area contributed by atoms with E-state index in [1.807, 2.05) is 11.8 Å². The predicted molar refractivity (Wildman–Crippen MR) is 57.2 cm³/mol. The first kappa shape index (κ1) is 9.93. The number of rotatable bonds is 3. The molecule has 0 aromatic carbocycles. The van der Waals surface area contributed by atoms with Crippen LogP contribution in [0.5, 0.6) is 0 Å². The van der Waals surface area contributed by atoms with Gasteiger partial charge in [-0.2, -0.15) is 11.8 Å². The van der Waals surface area contributed by atoms with Crippen molar-refractivity contribution in [2.24, 2.45) is 0 Å². The summed E-state index contributed by atoms with van der Waals surface area (Å²) in [5.41, 5.74) is 3.64. The highest BCUT2D eigenvalue weighted by Gasteiger charge is 2.16. The predicted octanol–water partition coefficient (Wildman–Crippen LogP) is 1.46. The van der Waals surface area contributed by atoms with E-state index in [-0.39, 0.29) is 6.61 Å². The fraction of sp³-hybridized carbons (Fsp3) is 0.600. The molecule has 1 aromatic rings. The van der Waals surface area contributed by atoms with Gasteiger partial charge in [0, 0.05) is 35.8 Å². The molecule has 0 atom stereocenters. The quantitative estimate of drug-likeness (QED) is 0.820. The maximum absolute atomic E-state index is 8.73. The van der Waals surface area contributed by atoms with E-state index in [1.54, 1.807) is 0 Å². The standard InChI is InChI=1S/C10H14N2OS/c1-7-8-5-14-6-9(8)12-10(11-7)3-2-4-13/h13H,2-6H2,1H3. The van der Waals surface area contributed by atoms with E-state index in [9.17, 15) is 0 Å². The number of hydrogen-bond acceptors (Lipinski definition) is 4. The van der Waals surface area contributed by atoms with Gasteiger partial charge in [0.2, 0.25) is 0 Å². The van der Waals surface area contributed by atoms with Gasteiger partial charge < -0.3 is 5.11 Å². The van der Waals surface area contributed by atoms with Gasteiger partial charge in [0.25, 0.3) is 0 Å². The maximum atomic E-state index is 8.73. The molecule has 0 aliphatic carbocycles.